The summed E-state index contributed by atoms with van der Waals surface area (Å²) in [7, 11) is 0. The minimum absolute atomic E-state index is 0.0671. The summed E-state index contributed by atoms with van der Waals surface area (Å²) in [5, 5.41) is 8.77. The van der Waals surface area contributed by atoms with Crippen LogP contribution in [0.25, 0.3) is 0 Å². The Kier molecular flexibility index (Phi) is 1.18. The van der Waals surface area contributed by atoms with E-state index in [1.165, 1.54) is 0 Å². The first-order valence-corrected chi connectivity index (χ1v) is 2.60. The monoisotopic (exact) mass is 112 g/mol. The van der Waals surface area contributed by atoms with Gasteiger partial charge in [-0.3, -0.25) is 4.79 Å². The van der Waals surface area contributed by atoms with Gasteiger partial charge < -0.3 is 5.11 Å². The lowest BCUT2D eigenvalue weighted by Crippen LogP contribution is -2.00. The Balaban J connectivity index is 2.73. The molecule has 1 atom stereocenters. The molecular weight excluding hydrogens is 104 g/mol. The van der Waals surface area contributed by atoms with Crippen molar-refractivity contribution < 1.29 is 9.90 Å². The van der Waals surface area contributed by atoms with Gasteiger partial charge >= 0.3 is 0 Å². The molecule has 2 heteroatoms. The lowest BCUT2D eigenvalue weighted by Gasteiger charge is -1.88. The lowest BCUT2D eigenvalue weighted by molar-refractivity contribution is -0.115. The molecule has 0 fully saturated rings. The molecule has 0 spiro atoms. The maximum atomic E-state index is 10.6. The molecule has 0 aromatic carbocycles. The summed E-state index contributed by atoms with van der Waals surface area (Å²) < 4.78 is 0. The van der Waals surface area contributed by atoms with E-state index in [1.54, 1.807) is 13.0 Å². The molecule has 44 valence electrons. The Morgan fingerprint density at radius 2 is 2.50 bits per heavy atom. The Morgan fingerprint density at radius 3 is 2.62 bits per heavy atom. The van der Waals surface area contributed by atoms with Gasteiger partial charge in [-0.25, -0.2) is 0 Å². The van der Waals surface area contributed by atoms with Crippen molar-refractivity contribution in [3.05, 3.63) is 11.6 Å². The smallest absolute Gasteiger partial charge is 0.161 e. The Morgan fingerprint density at radius 1 is 1.88 bits per heavy atom. The minimum atomic E-state index is -0.512. The third-order valence-corrected chi connectivity index (χ3v) is 1.28. The third kappa shape index (κ3) is 0.793. The third-order valence-electron chi connectivity index (χ3n) is 1.28. The van der Waals surface area contributed by atoms with Gasteiger partial charge in [-0.05, 0) is 18.6 Å². The van der Waals surface area contributed by atoms with Crippen LogP contribution >= 0.6 is 0 Å². The molecule has 8 heavy (non-hydrogen) atoms. The van der Waals surface area contributed by atoms with Crippen LogP contribution in [0.4, 0.5) is 0 Å². The number of allylic oxidation sites excluding steroid dienone is 1. The SMILES string of the molecule is CC1=CC(O)CC1=O. The summed E-state index contributed by atoms with van der Waals surface area (Å²) in [6.45, 7) is 1.72. The van der Waals surface area contributed by atoms with Crippen LogP contribution < -0.4 is 0 Å². The highest BCUT2D eigenvalue weighted by atomic mass is 16.3. The van der Waals surface area contributed by atoms with Crippen LogP contribution in [-0.2, 0) is 4.79 Å². The van der Waals surface area contributed by atoms with E-state index in [0.717, 1.165) is 0 Å². The van der Waals surface area contributed by atoms with E-state index in [0.29, 0.717) is 5.57 Å². The molecule has 0 bridgehead atoms. The topological polar surface area (TPSA) is 37.3 Å². The minimum Gasteiger partial charge on any atom is -0.389 e. The molecule has 0 saturated carbocycles. The highest BCUT2D eigenvalue weighted by Gasteiger charge is 2.17. The quantitative estimate of drug-likeness (QED) is 0.488. The van der Waals surface area contributed by atoms with Crippen molar-refractivity contribution in [2.75, 3.05) is 0 Å². The van der Waals surface area contributed by atoms with Crippen LogP contribution in [0.1, 0.15) is 13.3 Å². The molecule has 1 N–H and O–H groups in total. The van der Waals surface area contributed by atoms with Gasteiger partial charge in [0.2, 0.25) is 0 Å². The van der Waals surface area contributed by atoms with Gasteiger partial charge in [0.25, 0.3) is 0 Å². The van der Waals surface area contributed by atoms with Crippen LogP contribution in [0, 0.1) is 0 Å². The van der Waals surface area contributed by atoms with Crippen molar-refractivity contribution in [2.24, 2.45) is 0 Å². The predicted octanol–water partition coefficient (Wildman–Crippen LogP) is 0.266. The Bertz CT molecular complexity index is 147. The first kappa shape index (κ1) is 5.51. The van der Waals surface area contributed by atoms with E-state index in [9.17, 15) is 4.79 Å². The molecule has 0 saturated heterocycles. The van der Waals surface area contributed by atoms with Crippen LogP contribution in [0.5, 0.6) is 0 Å². The molecule has 0 aliphatic heterocycles. The average molecular weight is 112 g/mol. The van der Waals surface area contributed by atoms with E-state index >= 15 is 0 Å². The molecule has 2 nitrogen and oxygen atoms in total. The van der Waals surface area contributed by atoms with Crippen molar-refractivity contribution in [2.45, 2.75) is 19.4 Å². The maximum absolute atomic E-state index is 10.6. The number of Topliss-reactive ketones (excluding diaryl/α,β-unsaturated/α-hetero) is 1. The van der Waals surface area contributed by atoms with Gasteiger partial charge in [0.05, 0.1) is 6.10 Å². The highest BCUT2D eigenvalue weighted by Crippen LogP contribution is 2.12. The van der Waals surface area contributed by atoms with Crippen molar-refractivity contribution in [3.63, 3.8) is 0 Å². The van der Waals surface area contributed by atoms with Gasteiger partial charge in [-0.1, -0.05) is 0 Å². The first-order valence-electron chi connectivity index (χ1n) is 2.60. The second-order valence-electron chi connectivity index (χ2n) is 2.04. The van der Waals surface area contributed by atoms with Crippen LogP contribution in [0.15, 0.2) is 11.6 Å². The van der Waals surface area contributed by atoms with Crippen LogP contribution in [0.3, 0.4) is 0 Å². The zero-order valence-electron chi connectivity index (χ0n) is 4.72. The molecule has 0 aromatic heterocycles. The van der Waals surface area contributed by atoms with Crippen molar-refractivity contribution >= 4 is 5.78 Å². The molecule has 0 radical (unpaired) electrons. The number of ketones is 1. The summed E-state index contributed by atoms with van der Waals surface area (Å²) in [4.78, 5) is 10.6. The number of hydrogen-bond acceptors (Lipinski definition) is 2. The van der Waals surface area contributed by atoms with Gasteiger partial charge in [-0.15, -0.1) is 0 Å². The lowest BCUT2D eigenvalue weighted by atomic mass is 10.2. The molecule has 1 aliphatic rings. The van der Waals surface area contributed by atoms with E-state index in [4.69, 9.17) is 5.11 Å². The fourth-order valence-electron chi connectivity index (χ4n) is 0.791. The predicted molar refractivity (Wildman–Crippen MR) is 29.4 cm³/mol. The highest BCUT2D eigenvalue weighted by molar-refractivity contribution is 5.97. The van der Waals surface area contributed by atoms with Gasteiger partial charge in [0.15, 0.2) is 5.78 Å². The first-order chi connectivity index (χ1) is 3.70. The van der Waals surface area contributed by atoms with Crippen molar-refractivity contribution in [3.8, 4) is 0 Å². The number of aliphatic hydroxyl groups excluding tert-OH is 1. The molecule has 0 aromatic rings. The molecule has 0 heterocycles. The Labute approximate surface area is 47.8 Å². The summed E-state index contributed by atoms with van der Waals surface area (Å²) in [6, 6.07) is 0. The Hall–Kier alpha value is -0.630. The summed E-state index contributed by atoms with van der Waals surface area (Å²) in [5.74, 6) is 0.0671. The largest absolute Gasteiger partial charge is 0.389 e. The summed E-state index contributed by atoms with van der Waals surface area (Å²) in [5.41, 5.74) is 0.692. The molecule has 1 aliphatic carbocycles. The zero-order valence-corrected chi connectivity index (χ0v) is 4.72. The summed E-state index contributed by atoms with van der Waals surface area (Å²) >= 11 is 0. The van der Waals surface area contributed by atoms with Gasteiger partial charge in [-0.2, -0.15) is 0 Å². The average Bonchev–Trinajstić information content (AvgIpc) is 1.85. The molecule has 0 amide bonds. The summed E-state index contributed by atoms with van der Waals surface area (Å²) in [6.07, 6.45) is 1.36. The van der Waals surface area contributed by atoms with Gasteiger partial charge in [0.1, 0.15) is 0 Å². The fraction of sp³-hybridized carbons (Fsp3) is 0.500. The molecular formula is C6H8O2. The van der Waals surface area contributed by atoms with E-state index in [2.05, 4.69) is 0 Å². The maximum Gasteiger partial charge on any atom is 0.161 e. The molecule has 1 rings (SSSR count). The van der Waals surface area contributed by atoms with Gasteiger partial charge in [0, 0.05) is 6.42 Å². The second kappa shape index (κ2) is 1.71. The van der Waals surface area contributed by atoms with E-state index in [-0.39, 0.29) is 12.2 Å². The second-order valence-corrected chi connectivity index (χ2v) is 2.04. The van der Waals surface area contributed by atoms with E-state index < -0.39 is 6.10 Å². The fourth-order valence-corrected chi connectivity index (χ4v) is 0.791. The molecule has 1 unspecified atom stereocenters. The van der Waals surface area contributed by atoms with Crippen molar-refractivity contribution in [1.82, 2.24) is 0 Å². The number of rotatable bonds is 0. The van der Waals surface area contributed by atoms with Crippen molar-refractivity contribution in [1.29, 1.82) is 0 Å². The number of aliphatic hydroxyl groups is 1. The number of hydrogen-bond donors (Lipinski definition) is 1. The number of carbonyl (C=O) groups is 1. The van der Waals surface area contributed by atoms with E-state index in [1.807, 2.05) is 0 Å². The standard InChI is InChI=1S/C6H8O2/c1-4-2-5(7)3-6(4)8/h2,5,7H,3H2,1H3. The normalized spacial score (nSPS) is 28.5. The van der Waals surface area contributed by atoms with Crippen LogP contribution in [0.2, 0.25) is 0 Å². The van der Waals surface area contributed by atoms with Crippen LogP contribution in [-0.4, -0.2) is 17.0 Å². The number of carbonyl (C=O) groups excluding carboxylic acids is 1. The zero-order chi connectivity index (χ0) is 6.15.